The van der Waals surface area contributed by atoms with Gasteiger partial charge in [0.25, 0.3) is 5.82 Å². The van der Waals surface area contributed by atoms with Gasteiger partial charge in [-0.3, -0.25) is 4.57 Å². The molecule has 154 valence electrons. The molecule has 0 radical (unpaired) electrons. The Kier molecular flexibility index (Phi) is 4.96. The maximum absolute atomic E-state index is 10.3. The van der Waals surface area contributed by atoms with Gasteiger partial charge in [-0.15, -0.1) is 0 Å². The third kappa shape index (κ3) is 3.34. The van der Waals surface area contributed by atoms with Gasteiger partial charge in [0.05, 0.1) is 6.61 Å². The van der Waals surface area contributed by atoms with Gasteiger partial charge >= 0.3 is 5.95 Å². The van der Waals surface area contributed by atoms with Crippen LogP contribution in [0, 0.1) is 6.92 Å². The highest BCUT2D eigenvalue weighted by Gasteiger charge is 2.44. The average molecular weight is 403 g/mol. The van der Waals surface area contributed by atoms with E-state index in [9.17, 15) is 15.3 Å². The maximum Gasteiger partial charge on any atom is 0.383 e. The number of aromatic nitrogens is 4. The minimum atomic E-state index is -1.28. The first-order valence-electron chi connectivity index (χ1n) is 9.05. The number of hydrogen-bond donors (Lipinski definition) is 5. The molecule has 4 atom stereocenters. The van der Waals surface area contributed by atoms with Crippen LogP contribution in [0.4, 0.5) is 11.8 Å². The van der Waals surface area contributed by atoms with Crippen LogP contribution < -0.4 is 21.0 Å². The standard InChI is InChI=1S/C18H22N6O5/c1-9-3-2-4-10(5-9)7-28-24-15(19)12-16(22-18(24)20)23(8-21-12)17-14(27)13(26)11(6-25)29-17/h2-5,8,11,13-14,17,25-27H,6-7H2,1H3,(H3,19,20,22)/p+1/t11-,13-,14-,17-/m1/s1. The van der Waals surface area contributed by atoms with Crippen LogP contribution in [0.2, 0.25) is 0 Å². The fourth-order valence-electron chi connectivity index (χ4n) is 3.39. The SMILES string of the molecule is Cc1cccc(CO[n+]2c(N)nc3c(ncn3[C@@H]3O[C@H](CO)[C@@H](O)[C@H]3O)c2N)c1. The molecule has 7 N–H and O–H groups in total. The zero-order chi connectivity index (χ0) is 20.7. The van der Waals surface area contributed by atoms with Crippen LogP contribution in [-0.2, 0) is 11.3 Å². The van der Waals surface area contributed by atoms with Gasteiger partial charge in [-0.25, -0.2) is 4.98 Å². The number of fused-ring (bicyclic) bond motifs is 1. The zero-order valence-electron chi connectivity index (χ0n) is 15.7. The highest BCUT2D eigenvalue weighted by atomic mass is 16.7. The van der Waals surface area contributed by atoms with E-state index in [2.05, 4.69) is 9.97 Å². The van der Waals surface area contributed by atoms with Crippen LogP contribution in [-0.4, -0.2) is 54.8 Å². The molecule has 0 bridgehead atoms. The molecule has 4 rings (SSSR count). The largest absolute Gasteiger partial charge is 0.394 e. The molecule has 0 saturated carbocycles. The maximum atomic E-state index is 10.3. The molecule has 0 aliphatic carbocycles. The van der Waals surface area contributed by atoms with Crippen molar-refractivity contribution in [3.05, 3.63) is 41.7 Å². The first-order valence-corrected chi connectivity index (χ1v) is 9.05. The molecule has 11 nitrogen and oxygen atoms in total. The molecule has 0 amide bonds. The molecule has 1 aliphatic rings. The summed E-state index contributed by atoms with van der Waals surface area (Å²) in [5, 5.41) is 29.5. The van der Waals surface area contributed by atoms with Crippen molar-refractivity contribution in [2.45, 2.75) is 38.1 Å². The lowest BCUT2D eigenvalue weighted by molar-refractivity contribution is -0.873. The minimum absolute atomic E-state index is 0.0175. The smallest absolute Gasteiger partial charge is 0.383 e. The molecular weight excluding hydrogens is 380 g/mol. The fraction of sp³-hybridized carbons (Fsp3) is 0.389. The van der Waals surface area contributed by atoms with E-state index in [1.807, 2.05) is 31.2 Å². The van der Waals surface area contributed by atoms with Gasteiger partial charge < -0.3 is 36.4 Å². The molecule has 1 fully saturated rings. The fourth-order valence-corrected chi connectivity index (χ4v) is 3.39. The number of anilines is 2. The molecule has 29 heavy (non-hydrogen) atoms. The second kappa shape index (κ2) is 7.44. The quantitative estimate of drug-likeness (QED) is 0.316. The number of nitrogens with two attached hydrogens (primary N) is 2. The first kappa shape index (κ1) is 19.3. The number of nitrogens with zero attached hydrogens (tertiary/aromatic N) is 4. The summed E-state index contributed by atoms with van der Waals surface area (Å²) in [5.74, 6) is 0.113. The van der Waals surface area contributed by atoms with Gasteiger partial charge in [-0.05, 0) is 17.2 Å². The lowest BCUT2D eigenvalue weighted by atomic mass is 10.1. The van der Waals surface area contributed by atoms with Crippen molar-refractivity contribution < 1.29 is 29.6 Å². The van der Waals surface area contributed by atoms with Gasteiger partial charge in [-0.2, -0.15) is 0 Å². The Bertz CT molecular complexity index is 1040. The predicted molar refractivity (Wildman–Crippen MR) is 101 cm³/mol. The average Bonchev–Trinajstić information content (AvgIpc) is 3.23. The number of ether oxygens (including phenoxy) is 1. The Hall–Kier alpha value is -2.99. The normalized spacial score (nSPS) is 24.3. The van der Waals surface area contributed by atoms with Crippen LogP contribution >= 0.6 is 0 Å². The molecule has 2 aromatic heterocycles. The van der Waals surface area contributed by atoms with E-state index in [1.165, 1.54) is 15.6 Å². The van der Waals surface area contributed by atoms with Crippen molar-refractivity contribution in [1.29, 1.82) is 0 Å². The van der Waals surface area contributed by atoms with Crippen LogP contribution in [0.1, 0.15) is 17.4 Å². The van der Waals surface area contributed by atoms with Crippen molar-refractivity contribution in [2.75, 3.05) is 18.1 Å². The van der Waals surface area contributed by atoms with Gasteiger partial charge in [0.15, 0.2) is 18.4 Å². The molecule has 1 saturated heterocycles. The third-order valence-electron chi connectivity index (χ3n) is 4.89. The lowest BCUT2D eigenvalue weighted by Crippen LogP contribution is -2.48. The number of hydrogen-bond acceptors (Lipinski definition) is 9. The summed E-state index contributed by atoms with van der Waals surface area (Å²) in [6.07, 6.45) is -3.07. The third-order valence-corrected chi connectivity index (χ3v) is 4.89. The van der Waals surface area contributed by atoms with Crippen molar-refractivity contribution in [2.24, 2.45) is 0 Å². The molecule has 3 aromatic rings. The number of benzene rings is 1. The Morgan fingerprint density at radius 2 is 2.07 bits per heavy atom. The molecule has 1 aliphatic heterocycles. The van der Waals surface area contributed by atoms with E-state index in [0.29, 0.717) is 5.52 Å². The number of aliphatic hydroxyl groups is 3. The van der Waals surface area contributed by atoms with Crippen molar-refractivity contribution in [3.63, 3.8) is 0 Å². The van der Waals surface area contributed by atoms with E-state index in [4.69, 9.17) is 21.0 Å². The second-order valence-electron chi connectivity index (χ2n) is 6.97. The van der Waals surface area contributed by atoms with Crippen molar-refractivity contribution in [1.82, 2.24) is 14.5 Å². The number of nitrogen functional groups attached to an aromatic ring is 2. The van der Waals surface area contributed by atoms with Crippen LogP contribution in [0.5, 0.6) is 0 Å². The minimum Gasteiger partial charge on any atom is -0.394 e. The molecular formula is C18H23N6O5+. The predicted octanol–water partition coefficient (Wildman–Crippen LogP) is -1.57. The van der Waals surface area contributed by atoms with E-state index < -0.39 is 31.1 Å². The van der Waals surface area contributed by atoms with Crippen LogP contribution in [0.15, 0.2) is 30.6 Å². The monoisotopic (exact) mass is 403 g/mol. The number of aliphatic hydroxyl groups excluding tert-OH is 3. The van der Waals surface area contributed by atoms with Gasteiger partial charge in [0, 0.05) is 0 Å². The van der Waals surface area contributed by atoms with E-state index >= 15 is 0 Å². The number of rotatable bonds is 5. The molecule has 0 spiro atoms. The summed E-state index contributed by atoms with van der Waals surface area (Å²) >= 11 is 0. The number of imidazole rings is 1. The van der Waals surface area contributed by atoms with Gasteiger partial charge in [-0.1, -0.05) is 34.8 Å². The van der Waals surface area contributed by atoms with Gasteiger partial charge in [0.1, 0.15) is 24.6 Å². The highest BCUT2D eigenvalue weighted by Crippen LogP contribution is 2.31. The summed E-state index contributed by atoms with van der Waals surface area (Å²) in [6, 6.07) is 7.81. The summed E-state index contributed by atoms with van der Waals surface area (Å²) in [7, 11) is 0. The van der Waals surface area contributed by atoms with Crippen LogP contribution in [0.25, 0.3) is 11.2 Å². The summed E-state index contributed by atoms with van der Waals surface area (Å²) in [4.78, 5) is 14.2. The highest BCUT2D eigenvalue weighted by molar-refractivity contribution is 5.80. The first-order chi connectivity index (χ1) is 13.9. The lowest BCUT2D eigenvalue weighted by Gasteiger charge is -2.16. The number of aryl methyl sites for hydroxylation is 1. The Balaban J connectivity index is 1.65. The second-order valence-corrected chi connectivity index (χ2v) is 6.97. The van der Waals surface area contributed by atoms with Gasteiger partial charge in [0.2, 0.25) is 5.65 Å². The zero-order valence-corrected chi connectivity index (χ0v) is 15.7. The van der Waals surface area contributed by atoms with E-state index in [-0.39, 0.29) is 24.0 Å². The summed E-state index contributed by atoms with van der Waals surface area (Å²) in [6.45, 7) is 1.77. The molecule has 0 unspecified atom stereocenters. The summed E-state index contributed by atoms with van der Waals surface area (Å²) in [5.41, 5.74) is 14.8. The van der Waals surface area contributed by atoms with E-state index in [0.717, 1.165) is 11.1 Å². The summed E-state index contributed by atoms with van der Waals surface area (Å²) < 4.78 is 8.13. The molecule has 1 aromatic carbocycles. The van der Waals surface area contributed by atoms with Crippen molar-refractivity contribution in [3.8, 4) is 0 Å². The topological polar surface area (TPSA) is 166 Å². The molecule has 3 heterocycles. The Morgan fingerprint density at radius 1 is 1.28 bits per heavy atom. The Morgan fingerprint density at radius 3 is 2.76 bits per heavy atom. The molecule has 11 heteroatoms. The Labute approximate surface area is 165 Å². The van der Waals surface area contributed by atoms with E-state index in [1.54, 1.807) is 0 Å². The van der Waals surface area contributed by atoms with Crippen LogP contribution in [0.3, 0.4) is 0 Å². The van der Waals surface area contributed by atoms with Crippen molar-refractivity contribution >= 4 is 22.9 Å².